The first-order valence-electron chi connectivity index (χ1n) is 4.49. The summed E-state index contributed by atoms with van der Waals surface area (Å²) in [5, 5.41) is 19.4. The molecule has 0 heterocycles. The number of nitrogens with zero attached hydrogens (tertiary/aromatic N) is 2. The summed E-state index contributed by atoms with van der Waals surface area (Å²) < 4.78 is 4.89. The SMILES string of the molecule is COCCSc1ccc([N+](=O)[O-])cc1C#N. The van der Waals surface area contributed by atoms with Crippen LogP contribution >= 0.6 is 11.8 Å². The van der Waals surface area contributed by atoms with E-state index in [2.05, 4.69) is 0 Å². The minimum absolute atomic E-state index is 0.0624. The maximum atomic E-state index is 10.5. The number of methoxy groups -OCH3 is 1. The molecule has 0 bridgehead atoms. The summed E-state index contributed by atoms with van der Waals surface area (Å²) in [6, 6.07) is 6.23. The molecule has 1 rings (SSSR count). The van der Waals surface area contributed by atoms with Crippen molar-refractivity contribution < 1.29 is 9.66 Å². The normalized spacial score (nSPS) is 9.75. The van der Waals surface area contributed by atoms with Gasteiger partial charge in [0.1, 0.15) is 6.07 Å². The second-order valence-electron chi connectivity index (χ2n) is 2.89. The lowest BCUT2D eigenvalue weighted by molar-refractivity contribution is -0.384. The topological polar surface area (TPSA) is 76.2 Å². The number of thioether (sulfide) groups is 1. The lowest BCUT2D eigenvalue weighted by atomic mass is 10.2. The second-order valence-corrected chi connectivity index (χ2v) is 4.03. The van der Waals surface area contributed by atoms with Gasteiger partial charge in [-0.25, -0.2) is 0 Å². The van der Waals surface area contributed by atoms with Gasteiger partial charge in [0.25, 0.3) is 5.69 Å². The molecule has 0 spiro atoms. The van der Waals surface area contributed by atoms with Crippen LogP contribution < -0.4 is 0 Å². The van der Waals surface area contributed by atoms with Crippen LogP contribution in [-0.4, -0.2) is 24.4 Å². The number of nitro groups is 1. The minimum atomic E-state index is -0.509. The summed E-state index contributed by atoms with van der Waals surface area (Å²) in [7, 11) is 1.60. The molecule has 0 unspecified atom stereocenters. The largest absolute Gasteiger partial charge is 0.384 e. The highest BCUT2D eigenvalue weighted by Crippen LogP contribution is 2.25. The van der Waals surface area contributed by atoms with Crippen molar-refractivity contribution in [3.05, 3.63) is 33.9 Å². The molecule has 0 saturated heterocycles. The van der Waals surface area contributed by atoms with E-state index in [9.17, 15) is 10.1 Å². The van der Waals surface area contributed by atoms with E-state index in [0.29, 0.717) is 17.9 Å². The van der Waals surface area contributed by atoms with Crippen molar-refractivity contribution >= 4 is 17.4 Å². The van der Waals surface area contributed by atoms with Gasteiger partial charge in [0.2, 0.25) is 0 Å². The Bertz CT molecular complexity index is 429. The zero-order chi connectivity index (χ0) is 12.0. The van der Waals surface area contributed by atoms with Crippen LogP contribution in [0.15, 0.2) is 23.1 Å². The zero-order valence-corrected chi connectivity index (χ0v) is 9.49. The van der Waals surface area contributed by atoms with Crippen molar-refractivity contribution in [1.82, 2.24) is 0 Å². The molecular formula is C10H10N2O3S. The highest BCUT2D eigenvalue weighted by molar-refractivity contribution is 7.99. The Balaban J connectivity index is 2.86. The first-order valence-corrected chi connectivity index (χ1v) is 5.48. The van der Waals surface area contributed by atoms with Crippen LogP contribution in [0, 0.1) is 21.4 Å². The number of nitriles is 1. The number of hydrogen-bond donors (Lipinski definition) is 0. The van der Waals surface area contributed by atoms with E-state index in [4.69, 9.17) is 10.00 Å². The first kappa shape index (κ1) is 12.5. The summed E-state index contributed by atoms with van der Waals surface area (Å²) in [5.74, 6) is 0.711. The number of ether oxygens (including phenoxy) is 1. The first-order chi connectivity index (χ1) is 7.69. The Labute approximate surface area is 97.2 Å². The van der Waals surface area contributed by atoms with Crippen LogP contribution in [0.2, 0.25) is 0 Å². The van der Waals surface area contributed by atoms with Crippen molar-refractivity contribution in [2.75, 3.05) is 19.5 Å². The number of benzene rings is 1. The number of hydrogen-bond acceptors (Lipinski definition) is 5. The maximum absolute atomic E-state index is 10.5. The molecule has 0 aromatic heterocycles. The van der Waals surface area contributed by atoms with Crippen molar-refractivity contribution in [1.29, 1.82) is 5.26 Å². The van der Waals surface area contributed by atoms with E-state index in [-0.39, 0.29) is 5.69 Å². The van der Waals surface area contributed by atoms with Gasteiger partial charge < -0.3 is 4.74 Å². The molecule has 84 valence electrons. The smallest absolute Gasteiger partial charge is 0.270 e. The molecule has 1 aromatic carbocycles. The van der Waals surface area contributed by atoms with E-state index >= 15 is 0 Å². The van der Waals surface area contributed by atoms with E-state index in [0.717, 1.165) is 4.90 Å². The maximum Gasteiger partial charge on any atom is 0.270 e. The number of rotatable bonds is 5. The molecule has 16 heavy (non-hydrogen) atoms. The standard InChI is InChI=1S/C10H10N2O3S/c1-15-4-5-16-10-3-2-9(12(13)14)6-8(10)7-11/h2-3,6H,4-5H2,1H3. The third-order valence-electron chi connectivity index (χ3n) is 1.84. The van der Waals surface area contributed by atoms with Crippen molar-refractivity contribution in [3.8, 4) is 6.07 Å². The Morgan fingerprint density at radius 3 is 2.94 bits per heavy atom. The molecule has 0 aliphatic rings. The van der Waals surface area contributed by atoms with Crippen LogP contribution in [0.4, 0.5) is 5.69 Å². The van der Waals surface area contributed by atoms with E-state index < -0.39 is 4.92 Å². The summed E-state index contributed by atoms with van der Waals surface area (Å²) in [4.78, 5) is 10.7. The molecule has 0 saturated carbocycles. The van der Waals surface area contributed by atoms with Crippen LogP contribution in [0.5, 0.6) is 0 Å². The predicted octanol–water partition coefficient (Wildman–Crippen LogP) is 2.20. The monoisotopic (exact) mass is 238 g/mol. The van der Waals surface area contributed by atoms with Gasteiger partial charge in [-0.3, -0.25) is 10.1 Å². The van der Waals surface area contributed by atoms with Gasteiger partial charge in [-0.1, -0.05) is 0 Å². The fraction of sp³-hybridized carbons (Fsp3) is 0.300. The van der Waals surface area contributed by atoms with Crippen LogP contribution in [0.25, 0.3) is 0 Å². The lowest BCUT2D eigenvalue weighted by Gasteiger charge is -2.02. The Hall–Kier alpha value is -1.58. The Morgan fingerprint density at radius 2 is 2.38 bits per heavy atom. The number of non-ortho nitro benzene ring substituents is 1. The van der Waals surface area contributed by atoms with E-state index in [1.54, 1.807) is 13.2 Å². The quantitative estimate of drug-likeness (QED) is 0.340. The summed E-state index contributed by atoms with van der Waals surface area (Å²) in [5.41, 5.74) is 0.267. The van der Waals surface area contributed by atoms with Crippen molar-refractivity contribution in [2.24, 2.45) is 0 Å². The summed E-state index contributed by atoms with van der Waals surface area (Å²) in [6.45, 7) is 0.576. The highest BCUT2D eigenvalue weighted by atomic mass is 32.2. The third-order valence-corrected chi connectivity index (χ3v) is 2.88. The molecule has 1 aromatic rings. The molecule has 0 fully saturated rings. The highest BCUT2D eigenvalue weighted by Gasteiger charge is 2.10. The number of nitro benzene ring substituents is 1. The fourth-order valence-corrected chi connectivity index (χ4v) is 1.97. The predicted molar refractivity (Wildman–Crippen MR) is 60.4 cm³/mol. The molecule has 0 aliphatic heterocycles. The molecular weight excluding hydrogens is 228 g/mol. The van der Waals surface area contributed by atoms with Crippen LogP contribution in [0.1, 0.15) is 5.56 Å². The average Bonchev–Trinajstić information content (AvgIpc) is 2.29. The third kappa shape index (κ3) is 3.22. The molecule has 0 atom stereocenters. The van der Waals surface area contributed by atoms with E-state index in [1.165, 1.54) is 23.9 Å². The average molecular weight is 238 g/mol. The zero-order valence-electron chi connectivity index (χ0n) is 8.67. The Kier molecular flexibility index (Phi) is 4.76. The molecule has 5 nitrogen and oxygen atoms in total. The summed E-state index contributed by atoms with van der Waals surface area (Å²) in [6.07, 6.45) is 0. The van der Waals surface area contributed by atoms with Crippen molar-refractivity contribution in [3.63, 3.8) is 0 Å². The van der Waals surface area contributed by atoms with Gasteiger partial charge in [-0.15, -0.1) is 11.8 Å². The molecule has 0 N–H and O–H groups in total. The Morgan fingerprint density at radius 1 is 1.62 bits per heavy atom. The van der Waals surface area contributed by atoms with Crippen molar-refractivity contribution in [2.45, 2.75) is 4.90 Å². The van der Waals surface area contributed by atoms with Crippen LogP contribution in [0.3, 0.4) is 0 Å². The second kappa shape index (κ2) is 6.10. The van der Waals surface area contributed by atoms with E-state index in [1.807, 2.05) is 6.07 Å². The van der Waals surface area contributed by atoms with Gasteiger partial charge in [0.05, 0.1) is 17.1 Å². The molecule has 6 heteroatoms. The minimum Gasteiger partial charge on any atom is -0.384 e. The van der Waals surface area contributed by atoms with Crippen LogP contribution in [-0.2, 0) is 4.74 Å². The van der Waals surface area contributed by atoms with Gasteiger partial charge in [-0.05, 0) is 6.07 Å². The molecule has 0 aliphatic carbocycles. The summed E-state index contributed by atoms with van der Waals surface area (Å²) >= 11 is 1.45. The van der Waals surface area contributed by atoms with Gasteiger partial charge in [-0.2, -0.15) is 5.26 Å². The fourth-order valence-electron chi connectivity index (χ4n) is 1.08. The lowest BCUT2D eigenvalue weighted by Crippen LogP contribution is -1.94. The van der Waals surface area contributed by atoms with Gasteiger partial charge >= 0.3 is 0 Å². The van der Waals surface area contributed by atoms with Gasteiger partial charge in [0, 0.05) is 29.9 Å². The molecule has 0 amide bonds. The van der Waals surface area contributed by atoms with Gasteiger partial charge in [0.15, 0.2) is 0 Å². The molecule has 0 radical (unpaired) electrons.